The highest BCUT2D eigenvalue weighted by Gasteiger charge is 2.44. The van der Waals surface area contributed by atoms with Crippen molar-refractivity contribution >= 4 is 23.4 Å². The zero-order chi connectivity index (χ0) is 10.2. The van der Waals surface area contributed by atoms with Crippen LogP contribution in [0.25, 0.3) is 0 Å². The van der Waals surface area contributed by atoms with Crippen LogP contribution in [0.1, 0.15) is 0 Å². The first-order valence-electron chi connectivity index (χ1n) is 2.91. The Morgan fingerprint density at radius 2 is 1.85 bits per heavy atom. The molecule has 0 fully saturated rings. The van der Waals surface area contributed by atoms with E-state index in [4.69, 9.17) is 0 Å². The minimum absolute atomic E-state index is 1.14. The number of carbonyl (C=O) groups excluding carboxylic acids is 2. The van der Waals surface area contributed by atoms with Gasteiger partial charge in [0.05, 0.1) is 0 Å². The molecule has 1 aliphatic heterocycles. The van der Waals surface area contributed by atoms with Crippen molar-refractivity contribution in [3.63, 3.8) is 0 Å². The lowest BCUT2D eigenvalue weighted by atomic mass is 10.2. The quantitative estimate of drug-likeness (QED) is 0.637. The standard InChI is InChI=1S/C5H2F3N3O2/c6-5(7,8)2-1(3(9)12)10-4(13)11-2/h(H2,9,12). The molecule has 0 unspecified atom stereocenters. The van der Waals surface area contributed by atoms with Crippen molar-refractivity contribution in [3.8, 4) is 0 Å². The minimum atomic E-state index is -4.89. The molecule has 0 aromatic rings. The number of amides is 3. The third kappa shape index (κ3) is 1.71. The molecule has 1 rings (SSSR count). The van der Waals surface area contributed by atoms with Crippen LogP contribution in [-0.2, 0) is 4.79 Å². The van der Waals surface area contributed by atoms with Gasteiger partial charge in [0.2, 0.25) is 0 Å². The summed E-state index contributed by atoms with van der Waals surface area (Å²) in [7, 11) is 0. The third-order valence-corrected chi connectivity index (χ3v) is 1.14. The Kier molecular flexibility index (Phi) is 1.90. The molecule has 0 atom stereocenters. The van der Waals surface area contributed by atoms with E-state index in [1.165, 1.54) is 0 Å². The summed E-state index contributed by atoms with van der Waals surface area (Å²) in [5, 5.41) is 0. The first kappa shape index (κ1) is 9.36. The lowest BCUT2D eigenvalue weighted by Gasteiger charge is -2.04. The van der Waals surface area contributed by atoms with E-state index < -0.39 is 29.5 Å². The largest absolute Gasteiger partial charge is 0.435 e. The fraction of sp³-hybridized carbons (Fsp3) is 0.200. The van der Waals surface area contributed by atoms with E-state index in [-0.39, 0.29) is 0 Å². The lowest BCUT2D eigenvalue weighted by molar-refractivity contribution is -0.112. The Morgan fingerprint density at radius 3 is 2.15 bits per heavy atom. The van der Waals surface area contributed by atoms with Gasteiger partial charge in [-0.05, 0) is 0 Å². The monoisotopic (exact) mass is 193 g/mol. The average molecular weight is 193 g/mol. The van der Waals surface area contributed by atoms with Gasteiger partial charge in [0.1, 0.15) is 0 Å². The van der Waals surface area contributed by atoms with Gasteiger partial charge in [0, 0.05) is 0 Å². The first-order valence-corrected chi connectivity index (χ1v) is 2.91. The maximum absolute atomic E-state index is 12.0. The molecule has 0 spiro atoms. The summed E-state index contributed by atoms with van der Waals surface area (Å²) >= 11 is 0. The Bertz CT molecular complexity index is 341. The van der Waals surface area contributed by atoms with Crippen molar-refractivity contribution < 1.29 is 22.8 Å². The molecule has 1 heterocycles. The van der Waals surface area contributed by atoms with Gasteiger partial charge in [-0.3, -0.25) is 4.79 Å². The molecule has 0 saturated carbocycles. The number of nitrogens with zero attached hydrogens (tertiary/aromatic N) is 2. The molecule has 0 bridgehead atoms. The van der Waals surface area contributed by atoms with E-state index >= 15 is 0 Å². The Morgan fingerprint density at radius 1 is 1.31 bits per heavy atom. The van der Waals surface area contributed by atoms with Crippen LogP contribution in [0.4, 0.5) is 18.0 Å². The highest BCUT2D eigenvalue weighted by molar-refractivity contribution is 6.70. The molecular formula is C5H2F3N3O2. The summed E-state index contributed by atoms with van der Waals surface area (Å²) in [5.74, 6) is -1.43. The van der Waals surface area contributed by atoms with Crippen molar-refractivity contribution in [2.75, 3.05) is 0 Å². The number of nitrogens with two attached hydrogens (primary N) is 1. The Balaban J connectivity index is 3.14. The third-order valence-electron chi connectivity index (χ3n) is 1.14. The van der Waals surface area contributed by atoms with E-state index in [2.05, 4.69) is 15.7 Å². The van der Waals surface area contributed by atoms with Crippen LogP contribution in [0.2, 0.25) is 0 Å². The summed E-state index contributed by atoms with van der Waals surface area (Å²) in [6, 6.07) is -1.37. The molecule has 5 nitrogen and oxygen atoms in total. The number of carbonyl (C=O) groups is 2. The molecule has 13 heavy (non-hydrogen) atoms. The number of aliphatic imine (C=N–C) groups is 2. The van der Waals surface area contributed by atoms with Gasteiger partial charge in [-0.2, -0.15) is 23.2 Å². The zero-order valence-corrected chi connectivity index (χ0v) is 5.92. The highest BCUT2D eigenvalue weighted by atomic mass is 19.4. The number of hydrogen-bond donors (Lipinski definition) is 1. The van der Waals surface area contributed by atoms with Crippen molar-refractivity contribution in [3.05, 3.63) is 0 Å². The van der Waals surface area contributed by atoms with Gasteiger partial charge in [-0.1, -0.05) is 0 Å². The van der Waals surface area contributed by atoms with Crippen molar-refractivity contribution in [1.29, 1.82) is 0 Å². The molecule has 70 valence electrons. The smallest absolute Gasteiger partial charge is 0.364 e. The van der Waals surface area contributed by atoms with Crippen LogP contribution in [0.5, 0.6) is 0 Å². The Hall–Kier alpha value is -1.73. The van der Waals surface area contributed by atoms with Crippen molar-refractivity contribution in [2.45, 2.75) is 6.18 Å². The summed E-state index contributed by atoms with van der Waals surface area (Å²) in [6.07, 6.45) is -4.89. The van der Waals surface area contributed by atoms with Gasteiger partial charge in [-0.15, -0.1) is 0 Å². The molecular weight excluding hydrogens is 191 g/mol. The van der Waals surface area contributed by atoms with Crippen LogP contribution >= 0.6 is 0 Å². The fourth-order valence-electron chi connectivity index (χ4n) is 0.692. The highest BCUT2D eigenvalue weighted by Crippen LogP contribution is 2.21. The number of halogens is 3. The molecule has 0 aliphatic carbocycles. The molecule has 2 N–H and O–H groups in total. The van der Waals surface area contributed by atoms with Crippen LogP contribution in [0, 0.1) is 0 Å². The molecule has 0 aromatic carbocycles. The van der Waals surface area contributed by atoms with Crippen molar-refractivity contribution in [2.24, 2.45) is 15.7 Å². The van der Waals surface area contributed by atoms with Crippen molar-refractivity contribution in [1.82, 2.24) is 0 Å². The number of primary amides is 1. The number of hydrogen-bond acceptors (Lipinski definition) is 2. The molecule has 0 aromatic heterocycles. The van der Waals surface area contributed by atoms with E-state index in [9.17, 15) is 22.8 Å². The molecule has 3 amide bonds. The zero-order valence-electron chi connectivity index (χ0n) is 5.92. The van der Waals surface area contributed by atoms with E-state index in [1.807, 2.05) is 0 Å². The average Bonchev–Trinajstić information content (AvgIpc) is 2.29. The van der Waals surface area contributed by atoms with Crippen LogP contribution in [-0.4, -0.2) is 29.5 Å². The maximum atomic E-state index is 12.0. The second-order valence-corrected chi connectivity index (χ2v) is 2.07. The van der Waals surface area contributed by atoms with Gasteiger partial charge in [0.15, 0.2) is 11.4 Å². The topological polar surface area (TPSA) is 84.9 Å². The van der Waals surface area contributed by atoms with Crippen LogP contribution in [0.15, 0.2) is 9.98 Å². The Labute approximate surface area is 69.1 Å². The normalized spacial score (nSPS) is 17.0. The predicted molar refractivity (Wildman–Crippen MR) is 35.5 cm³/mol. The summed E-state index contributed by atoms with van der Waals surface area (Å²) < 4.78 is 35.9. The van der Waals surface area contributed by atoms with E-state index in [1.54, 1.807) is 0 Å². The van der Waals surface area contributed by atoms with Gasteiger partial charge in [0.25, 0.3) is 5.91 Å². The van der Waals surface area contributed by atoms with Crippen LogP contribution in [0.3, 0.4) is 0 Å². The fourth-order valence-corrected chi connectivity index (χ4v) is 0.692. The van der Waals surface area contributed by atoms with Gasteiger partial charge >= 0.3 is 12.2 Å². The second kappa shape index (κ2) is 2.64. The molecule has 0 saturated heterocycles. The van der Waals surface area contributed by atoms with E-state index in [0.29, 0.717) is 0 Å². The second-order valence-electron chi connectivity index (χ2n) is 2.07. The number of rotatable bonds is 1. The molecule has 1 aliphatic rings. The minimum Gasteiger partial charge on any atom is -0.364 e. The number of alkyl halides is 3. The first-order chi connectivity index (χ1) is 5.82. The summed E-state index contributed by atoms with van der Waals surface area (Å²) in [4.78, 5) is 25.9. The SMILES string of the molecule is NC(=O)C1=NC(=O)N=C1C(F)(F)F. The maximum Gasteiger partial charge on any atom is 0.435 e. The molecule has 0 radical (unpaired) electrons. The lowest BCUT2D eigenvalue weighted by Crippen LogP contribution is -2.37. The molecule has 8 heteroatoms. The summed E-state index contributed by atoms with van der Waals surface area (Å²) in [5.41, 5.74) is 1.77. The predicted octanol–water partition coefficient (Wildman–Crippen LogP) is 0.0496. The van der Waals surface area contributed by atoms with Gasteiger partial charge < -0.3 is 5.73 Å². The number of urea groups is 1. The van der Waals surface area contributed by atoms with Crippen LogP contribution < -0.4 is 5.73 Å². The van der Waals surface area contributed by atoms with Gasteiger partial charge in [-0.25, -0.2) is 4.79 Å². The summed E-state index contributed by atoms with van der Waals surface area (Å²) in [6.45, 7) is 0. The van der Waals surface area contributed by atoms with E-state index in [0.717, 1.165) is 0 Å².